The van der Waals surface area contributed by atoms with E-state index in [-0.39, 0.29) is 25.7 Å². The van der Waals surface area contributed by atoms with Gasteiger partial charge in [-0.2, -0.15) is 0 Å². The predicted molar refractivity (Wildman–Crippen MR) is 400 cm³/mol. The molecule has 0 saturated heterocycles. The molecule has 98 heavy (non-hydrogen) atoms. The molecule has 0 saturated carbocycles. The first-order chi connectivity index (χ1) is 47.7. The van der Waals surface area contributed by atoms with Crippen molar-refractivity contribution in [3.63, 3.8) is 0 Å². The molecule has 19 heteroatoms. The topological polar surface area (TPSA) is 237 Å². The number of unbranched alkanes of at least 4 members (excludes halogenated alkanes) is 54. The molecule has 17 nitrogen and oxygen atoms in total. The van der Waals surface area contributed by atoms with Crippen molar-refractivity contribution in [1.82, 2.24) is 0 Å². The molecule has 0 aliphatic rings. The number of hydrogen-bond acceptors (Lipinski definition) is 15. The van der Waals surface area contributed by atoms with Gasteiger partial charge in [-0.15, -0.1) is 0 Å². The maximum absolute atomic E-state index is 13.1. The summed E-state index contributed by atoms with van der Waals surface area (Å²) in [6.45, 7) is 5.02. The quantitative estimate of drug-likeness (QED) is 0.0222. The molecular formula is C79H154O17P2. The van der Waals surface area contributed by atoms with E-state index in [9.17, 15) is 43.2 Å². The van der Waals surface area contributed by atoms with Crippen molar-refractivity contribution in [2.75, 3.05) is 39.6 Å². The van der Waals surface area contributed by atoms with Gasteiger partial charge < -0.3 is 33.8 Å². The van der Waals surface area contributed by atoms with Gasteiger partial charge in [0.15, 0.2) is 12.2 Å². The average Bonchev–Trinajstić information content (AvgIpc) is 0.961. The number of hydrogen-bond donors (Lipinski definition) is 3. The minimum absolute atomic E-state index is 0.109. The van der Waals surface area contributed by atoms with Crippen molar-refractivity contribution in [2.45, 2.75) is 444 Å². The molecule has 0 rings (SSSR count). The molecule has 0 aliphatic carbocycles. The fourth-order valence-corrected chi connectivity index (χ4v) is 13.9. The summed E-state index contributed by atoms with van der Waals surface area (Å²) in [5, 5.41) is 10.6. The lowest BCUT2D eigenvalue weighted by atomic mass is 10.0. The first-order valence-electron chi connectivity index (χ1n) is 41.3. The van der Waals surface area contributed by atoms with Gasteiger partial charge in [0.05, 0.1) is 26.4 Å². The van der Waals surface area contributed by atoms with E-state index in [1.54, 1.807) is 0 Å². The maximum Gasteiger partial charge on any atom is 0.472 e. The van der Waals surface area contributed by atoms with Crippen LogP contribution in [0.1, 0.15) is 426 Å². The number of carbonyl (C=O) groups excluding carboxylic acids is 4. The van der Waals surface area contributed by atoms with Crippen LogP contribution in [-0.2, 0) is 65.4 Å². The number of phosphoric acid groups is 2. The zero-order chi connectivity index (χ0) is 71.8. The highest BCUT2D eigenvalue weighted by atomic mass is 31.2. The summed E-state index contributed by atoms with van der Waals surface area (Å²) in [6, 6.07) is 0. The second-order valence-electron chi connectivity index (χ2n) is 28.5. The number of carbonyl (C=O) groups is 4. The summed E-state index contributed by atoms with van der Waals surface area (Å²) in [5.41, 5.74) is 0. The molecule has 0 heterocycles. The first kappa shape index (κ1) is 96.1. The molecular weight excluding hydrogens is 1280 g/mol. The smallest absolute Gasteiger partial charge is 0.462 e. The van der Waals surface area contributed by atoms with Gasteiger partial charge >= 0.3 is 39.5 Å². The van der Waals surface area contributed by atoms with Crippen molar-refractivity contribution in [2.24, 2.45) is 0 Å². The van der Waals surface area contributed by atoms with Crippen LogP contribution in [0.4, 0.5) is 0 Å². The fourth-order valence-electron chi connectivity index (χ4n) is 12.3. The number of ether oxygens (including phenoxy) is 4. The molecule has 0 amide bonds. The third-order valence-corrected chi connectivity index (χ3v) is 20.5. The molecule has 0 spiro atoms. The van der Waals surface area contributed by atoms with Crippen molar-refractivity contribution in [1.29, 1.82) is 0 Å². The molecule has 2 unspecified atom stereocenters. The minimum atomic E-state index is -4.96. The third-order valence-electron chi connectivity index (χ3n) is 18.6. The molecule has 0 aliphatic heterocycles. The van der Waals surface area contributed by atoms with Crippen molar-refractivity contribution < 1.29 is 80.2 Å². The molecule has 0 bridgehead atoms. The summed E-state index contributed by atoms with van der Waals surface area (Å²) in [5.74, 6) is -2.10. The molecule has 582 valence electrons. The van der Waals surface area contributed by atoms with E-state index in [0.717, 1.165) is 89.9 Å². The first-order valence-corrected chi connectivity index (χ1v) is 44.3. The largest absolute Gasteiger partial charge is 0.472 e. The number of phosphoric ester groups is 2. The van der Waals surface area contributed by atoms with Crippen LogP contribution in [0.5, 0.6) is 0 Å². The van der Waals surface area contributed by atoms with Crippen LogP contribution in [0.2, 0.25) is 0 Å². The third kappa shape index (κ3) is 72.4. The Kier molecular flexibility index (Phi) is 71.9. The summed E-state index contributed by atoms with van der Waals surface area (Å²) in [7, 11) is -9.91. The predicted octanol–water partition coefficient (Wildman–Crippen LogP) is 23.8. The Morgan fingerprint density at radius 1 is 0.245 bits per heavy atom. The highest BCUT2D eigenvalue weighted by Gasteiger charge is 2.30. The molecule has 0 aromatic carbocycles. The van der Waals surface area contributed by atoms with E-state index >= 15 is 0 Å². The van der Waals surface area contributed by atoms with Crippen LogP contribution in [0.25, 0.3) is 0 Å². The van der Waals surface area contributed by atoms with Gasteiger partial charge in [0.25, 0.3) is 0 Å². The van der Waals surface area contributed by atoms with Crippen LogP contribution in [-0.4, -0.2) is 96.7 Å². The Labute approximate surface area is 600 Å². The summed E-state index contributed by atoms with van der Waals surface area (Å²) < 4.78 is 68.7. The lowest BCUT2D eigenvalue weighted by molar-refractivity contribution is -0.161. The second kappa shape index (κ2) is 73.4. The maximum atomic E-state index is 13.1. The Morgan fingerprint density at radius 2 is 0.408 bits per heavy atom. The second-order valence-corrected chi connectivity index (χ2v) is 31.4. The van der Waals surface area contributed by atoms with E-state index < -0.39 is 97.5 Å². The Balaban J connectivity index is 5.23. The normalized spacial score (nSPS) is 13.8. The van der Waals surface area contributed by atoms with Crippen LogP contribution in [0.15, 0.2) is 0 Å². The Bertz CT molecular complexity index is 1860. The van der Waals surface area contributed by atoms with Gasteiger partial charge in [0, 0.05) is 25.7 Å². The van der Waals surface area contributed by atoms with E-state index in [4.69, 9.17) is 37.0 Å². The Morgan fingerprint density at radius 3 is 0.602 bits per heavy atom. The molecule has 0 fully saturated rings. The minimum Gasteiger partial charge on any atom is -0.462 e. The van der Waals surface area contributed by atoms with Crippen LogP contribution < -0.4 is 0 Å². The van der Waals surface area contributed by atoms with Gasteiger partial charge in [0.2, 0.25) is 0 Å². The van der Waals surface area contributed by atoms with Crippen LogP contribution in [0.3, 0.4) is 0 Å². The summed E-state index contributed by atoms with van der Waals surface area (Å²) in [6.07, 6.45) is 65.0. The van der Waals surface area contributed by atoms with Crippen LogP contribution >= 0.6 is 15.6 Å². The number of esters is 4. The molecule has 3 N–H and O–H groups in total. The SMILES string of the molecule is CCCCCCCCCCCCCCCCCCCCCC(=O)O[C@H](COC(=O)CCCCCCCCCCCCCCCCC)COP(=O)(O)OC[C@@H](O)COP(=O)(O)OC[C@@H](COC(=O)CCCCCCCCCCCCC)OC(=O)CCCCCCCCCCCCCCC. The highest BCUT2D eigenvalue weighted by Crippen LogP contribution is 2.45. The lowest BCUT2D eigenvalue weighted by Gasteiger charge is -2.21. The van der Waals surface area contributed by atoms with Gasteiger partial charge in [-0.1, -0.05) is 374 Å². The molecule has 0 aromatic rings. The van der Waals surface area contributed by atoms with Crippen molar-refractivity contribution >= 4 is 39.5 Å². The molecule has 5 atom stereocenters. The highest BCUT2D eigenvalue weighted by molar-refractivity contribution is 7.47. The van der Waals surface area contributed by atoms with E-state index in [1.807, 2.05) is 0 Å². The van der Waals surface area contributed by atoms with Gasteiger partial charge in [-0.25, -0.2) is 9.13 Å². The standard InChI is InChI=1S/C79H154O17P2/c1-5-9-13-17-21-25-29-32-34-35-36-37-39-42-46-50-54-58-62-66-79(84)96-75(70-90-77(82)64-60-56-52-48-44-41-38-33-30-26-22-18-14-10-6-2)72-94-98(87,88)92-68-73(80)67-91-97(85,86)93-71-74(69-89-76(81)63-59-55-51-47-43-28-24-20-16-12-8-4)95-78(83)65-61-57-53-49-45-40-31-27-23-19-15-11-7-3/h73-75,80H,5-72H2,1-4H3,(H,85,86)(H,87,88)/t73-,74+,75+/m0/s1. The average molecular weight is 1440 g/mol. The summed E-state index contributed by atoms with van der Waals surface area (Å²) >= 11 is 0. The van der Waals surface area contributed by atoms with Gasteiger partial charge in [-0.3, -0.25) is 37.3 Å². The zero-order valence-corrected chi connectivity index (χ0v) is 65.6. The fraction of sp³-hybridized carbons (Fsp3) is 0.949. The number of aliphatic hydroxyl groups excluding tert-OH is 1. The monoisotopic (exact) mass is 1440 g/mol. The van der Waals surface area contributed by atoms with Gasteiger partial charge in [0.1, 0.15) is 19.3 Å². The molecule has 0 radical (unpaired) electrons. The zero-order valence-electron chi connectivity index (χ0n) is 63.8. The van der Waals surface area contributed by atoms with Gasteiger partial charge in [-0.05, 0) is 25.7 Å². The Hall–Kier alpha value is -1.94. The number of aliphatic hydroxyl groups is 1. The van der Waals surface area contributed by atoms with E-state index in [0.29, 0.717) is 25.7 Å². The van der Waals surface area contributed by atoms with E-state index in [1.165, 1.54) is 257 Å². The van der Waals surface area contributed by atoms with Crippen molar-refractivity contribution in [3.8, 4) is 0 Å². The van der Waals surface area contributed by atoms with E-state index in [2.05, 4.69) is 27.7 Å². The summed E-state index contributed by atoms with van der Waals surface area (Å²) in [4.78, 5) is 72.9. The lowest BCUT2D eigenvalue weighted by Crippen LogP contribution is -2.30. The van der Waals surface area contributed by atoms with Crippen LogP contribution in [0, 0.1) is 0 Å². The van der Waals surface area contributed by atoms with Crippen molar-refractivity contribution in [3.05, 3.63) is 0 Å². The molecule has 0 aromatic heterocycles. The number of rotatable bonds is 80.